The number of hydrogen-bond donors (Lipinski definition) is 2. The number of aliphatic carboxylic acids is 1. The SMILES string of the molecule is CC1CCc2sc(C(=O)N3CC(O)CC3C(=O)O)cc2C1. The van der Waals surface area contributed by atoms with E-state index < -0.39 is 18.1 Å². The topological polar surface area (TPSA) is 77.8 Å². The van der Waals surface area contributed by atoms with Crippen molar-refractivity contribution in [1.29, 1.82) is 0 Å². The summed E-state index contributed by atoms with van der Waals surface area (Å²) in [5.41, 5.74) is 1.23. The average molecular weight is 309 g/mol. The molecule has 1 aromatic rings. The fourth-order valence-corrected chi connectivity index (χ4v) is 4.39. The van der Waals surface area contributed by atoms with Crippen molar-refractivity contribution in [2.45, 2.75) is 44.8 Å². The van der Waals surface area contributed by atoms with Gasteiger partial charge in [0.15, 0.2) is 0 Å². The number of amides is 1. The zero-order valence-corrected chi connectivity index (χ0v) is 12.7. The minimum atomic E-state index is -1.05. The maximum absolute atomic E-state index is 12.6. The first-order valence-corrected chi connectivity index (χ1v) is 8.10. The number of rotatable bonds is 2. The standard InChI is InChI=1S/C15H19NO4S/c1-8-2-3-12-9(4-8)5-13(21-12)14(18)16-7-10(17)6-11(16)15(19)20/h5,8,10-11,17H,2-4,6-7H2,1H3,(H,19,20). The fraction of sp³-hybridized carbons (Fsp3) is 0.600. The summed E-state index contributed by atoms with van der Waals surface area (Å²) >= 11 is 1.48. The molecule has 21 heavy (non-hydrogen) atoms. The van der Waals surface area contributed by atoms with Crippen molar-refractivity contribution in [1.82, 2.24) is 4.90 Å². The predicted molar refractivity (Wildman–Crippen MR) is 78.6 cm³/mol. The third-order valence-corrected chi connectivity index (χ3v) is 5.59. The molecule has 2 N–H and O–H groups in total. The van der Waals surface area contributed by atoms with Crippen molar-refractivity contribution in [3.63, 3.8) is 0 Å². The molecular weight excluding hydrogens is 290 g/mol. The lowest BCUT2D eigenvalue weighted by molar-refractivity contribution is -0.141. The van der Waals surface area contributed by atoms with Crippen LogP contribution < -0.4 is 0 Å². The van der Waals surface area contributed by atoms with Crippen LogP contribution in [0.1, 0.15) is 39.9 Å². The van der Waals surface area contributed by atoms with E-state index in [-0.39, 0.29) is 18.9 Å². The van der Waals surface area contributed by atoms with Gasteiger partial charge in [0.05, 0.1) is 11.0 Å². The van der Waals surface area contributed by atoms with Gasteiger partial charge >= 0.3 is 5.97 Å². The van der Waals surface area contributed by atoms with Crippen molar-refractivity contribution >= 4 is 23.2 Å². The maximum atomic E-state index is 12.6. The Kier molecular flexibility index (Phi) is 3.75. The molecule has 114 valence electrons. The first kappa shape index (κ1) is 14.5. The Balaban J connectivity index is 1.83. The molecule has 3 rings (SSSR count). The van der Waals surface area contributed by atoms with Crippen LogP contribution in [0.25, 0.3) is 0 Å². The number of aryl methyl sites for hydroxylation is 1. The number of carbonyl (C=O) groups is 2. The van der Waals surface area contributed by atoms with Gasteiger partial charge in [0.25, 0.3) is 5.91 Å². The Bertz CT molecular complexity index is 582. The summed E-state index contributed by atoms with van der Waals surface area (Å²) in [4.78, 5) is 27.0. The van der Waals surface area contributed by atoms with Gasteiger partial charge < -0.3 is 15.1 Å². The monoisotopic (exact) mass is 309 g/mol. The van der Waals surface area contributed by atoms with Gasteiger partial charge in [-0.25, -0.2) is 4.79 Å². The van der Waals surface area contributed by atoms with E-state index in [9.17, 15) is 19.8 Å². The van der Waals surface area contributed by atoms with Crippen LogP contribution >= 0.6 is 11.3 Å². The number of hydrogen-bond acceptors (Lipinski definition) is 4. The van der Waals surface area contributed by atoms with E-state index >= 15 is 0 Å². The number of carboxylic acid groups (broad SMARTS) is 1. The number of aliphatic hydroxyl groups excluding tert-OH is 1. The molecule has 1 fully saturated rings. The first-order chi connectivity index (χ1) is 9.95. The summed E-state index contributed by atoms with van der Waals surface area (Å²) in [5.74, 6) is -0.670. The number of β-amino-alcohol motifs (C(OH)–C–C–N with tert-alkyl or cyclic N) is 1. The van der Waals surface area contributed by atoms with E-state index in [1.807, 2.05) is 6.07 Å². The molecule has 0 aromatic carbocycles. The number of nitrogens with zero attached hydrogens (tertiary/aromatic N) is 1. The number of carboxylic acids is 1. The van der Waals surface area contributed by atoms with Gasteiger partial charge in [-0.1, -0.05) is 6.92 Å². The quantitative estimate of drug-likeness (QED) is 0.868. The number of thiophene rings is 1. The van der Waals surface area contributed by atoms with Gasteiger partial charge in [-0.05, 0) is 36.8 Å². The number of likely N-dealkylation sites (tertiary alicyclic amines) is 1. The van der Waals surface area contributed by atoms with Crippen LogP contribution in [0, 0.1) is 5.92 Å². The summed E-state index contributed by atoms with van der Waals surface area (Å²) < 4.78 is 0. The van der Waals surface area contributed by atoms with E-state index in [0.717, 1.165) is 19.3 Å². The summed E-state index contributed by atoms with van der Waals surface area (Å²) in [7, 11) is 0. The molecule has 5 nitrogen and oxygen atoms in total. The largest absolute Gasteiger partial charge is 0.480 e. The average Bonchev–Trinajstić information content (AvgIpc) is 3.00. The number of carbonyl (C=O) groups excluding carboxylic acids is 1. The van der Waals surface area contributed by atoms with Crippen molar-refractivity contribution < 1.29 is 19.8 Å². The maximum Gasteiger partial charge on any atom is 0.326 e. The van der Waals surface area contributed by atoms with E-state index in [2.05, 4.69) is 6.92 Å². The zero-order valence-electron chi connectivity index (χ0n) is 11.9. The van der Waals surface area contributed by atoms with Crippen molar-refractivity contribution in [3.8, 4) is 0 Å². The van der Waals surface area contributed by atoms with Crippen LogP contribution in [0.3, 0.4) is 0 Å². The molecule has 0 radical (unpaired) electrons. The van der Waals surface area contributed by atoms with Gasteiger partial charge in [0, 0.05) is 17.8 Å². The molecular formula is C15H19NO4S. The lowest BCUT2D eigenvalue weighted by Gasteiger charge is -2.20. The first-order valence-electron chi connectivity index (χ1n) is 7.29. The molecule has 1 aliphatic carbocycles. The van der Waals surface area contributed by atoms with Gasteiger partial charge in [0.1, 0.15) is 6.04 Å². The summed E-state index contributed by atoms with van der Waals surface area (Å²) in [6.45, 7) is 2.31. The molecule has 1 amide bonds. The molecule has 6 heteroatoms. The molecule has 2 heterocycles. The molecule has 0 saturated carbocycles. The minimum absolute atomic E-state index is 0.106. The van der Waals surface area contributed by atoms with E-state index in [1.54, 1.807) is 0 Å². The number of aliphatic hydroxyl groups is 1. The van der Waals surface area contributed by atoms with Gasteiger partial charge in [-0.15, -0.1) is 11.3 Å². The lowest BCUT2D eigenvalue weighted by Crippen LogP contribution is -2.40. The zero-order chi connectivity index (χ0) is 15.1. The second-order valence-electron chi connectivity index (χ2n) is 6.11. The lowest BCUT2D eigenvalue weighted by atomic mass is 9.90. The predicted octanol–water partition coefficient (Wildman–Crippen LogP) is 1.53. The molecule has 2 aliphatic rings. The van der Waals surface area contributed by atoms with Crippen LogP contribution in [-0.4, -0.2) is 45.7 Å². The Morgan fingerprint density at radius 3 is 2.90 bits per heavy atom. The highest BCUT2D eigenvalue weighted by atomic mass is 32.1. The normalized spacial score (nSPS) is 28.5. The Hall–Kier alpha value is -1.40. The van der Waals surface area contributed by atoms with E-state index in [0.29, 0.717) is 10.8 Å². The van der Waals surface area contributed by atoms with Crippen molar-refractivity contribution in [2.24, 2.45) is 5.92 Å². The third kappa shape index (κ3) is 2.70. The molecule has 1 aromatic heterocycles. The van der Waals surface area contributed by atoms with Gasteiger partial charge in [0.2, 0.25) is 0 Å². The molecule has 3 unspecified atom stereocenters. The van der Waals surface area contributed by atoms with Crippen LogP contribution in [0.15, 0.2) is 6.07 Å². The van der Waals surface area contributed by atoms with Crippen LogP contribution in [0.5, 0.6) is 0 Å². The highest BCUT2D eigenvalue weighted by molar-refractivity contribution is 7.14. The highest BCUT2D eigenvalue weighted by Crippen LogP contribution is 2.33. The minimum Gasteiger partial charge on any atom is -0.480 e. The van der Waals surface area contributed by atoms with Crippen LogP contribution in [0.2, 0.25) is 0 Å². The third-order valence-electron chi connectivity index (χ3n) is 4.36. The second-order valence-corrected chi connectivity index (χ2v) is 7.24. The summed E-state index contributed by atoms with van der Waals surface area (Å²) in [6.07, 6.45) is 2.50. The molecule has 0 bridgehead atoms. The Morgan fingerprint density at radius 1 is 1.43 bits per heavy atom. The van der Waals surface area contributed by atoms with E-state index in [1.165, 1.54) is 26.7 Å². The number of fused-ring (bicyclic) bond motifs is 1. The van der Waals surface area contributed by atoms with E-state index in [4.69, 9.17) is 0 Å². The van der Waals surface area contributed by atoms with Crippen LogP contribution in [-0.2, 0) is 17.6 Å². The fourth-order valence-electron chi connectivity index (χ4n) is 3.23. The highest BCUT2D eigenvalue weighted by Gasteiger charge is 2.40. The van der Waals surface area contributed by atoms with Gasteiger partial charge in [-0.2, -0.15) is 0 Å². The summed E-state index contributed by atoms with van der Waals surface area (Å²) in [6, 6.07) is 1.01. The Labute approximate surface area is 127 Å². The van der Waals surface area contributed by atoms with Crippen LogP contribution in [0.4, 0.5) is 0 Å². The second kappa shape index (κ2) is 5.42. The van der Waals surface area contributed by atoms with Crippen molar-refractivity contribution in [3.05, 3.63) is 21.4 Å². The van der Waals surface area contributed by atoms with Gasteiger partial charge in [-0.3, -0.25) is 4.79 Å². The smallest absolute Gasteiger partial charge is 0.326 e. The molecule has 3 atom stereocenters. The Morgan fingerprint density at radius 2 is 2.19 bits per heavy atom. The van der Waals surface area contributed by atoms with Crippen molar-refractivity contribution in [2.75, 3.05) is 6.54 Å². The molecule has 0 spiro atoms. The summed E-state index contributed by atoms with van der Waals surface area (Å²) in [5, 5.41) is 18.9. The molecule has 1 aliphatic heterocycles. The molecule has 1 saturated heterocycles.